The SMILES string of the molecule is COc1ccc(C(C)C)cc1C(O)C(C)NCCCO. The molecule has 20 heavy (non-hydrogen) atoms. The zero-order valence-electron chi connectivity index (χ0n) is 12.9. The minimum atomic E-state index is -0.637. The summed E-state index contributed by atoms with van der Waals surface area (Å²) >= 11 is 0. The van der Waals surface area contributed by atoms with Crippen molar-refractivity contribution >= 4 is 0 Å². The van der Waals surface area contributed by atoms with E-state index in [1.807, 2.05) is 25.1 Å². The van der Waals surface area contributed by atoms with Crippen LogP contribution in [0.5, 0.6) is 5.75 Å². The Kier molecular flexibility index (Phi) is 6.99. The second kappa shape index (κ2) is 8.25. The Bertz CT molecular complexity index is 407. The fourth-order valence-electron chi connectivity index (χ4n) is 2.13. The van der Waals surface area contributed by atoms with Crippen LogP contribution in [0.25, 0.3) is 0 Å². The maximum Gasteiger partial charge on any atom is 0.124 e. The summed E-state index contributed by atoms with van der Waals surface area (Å²) in [5, 5.41) is 22.5. The van der Waals surface area contributed by atoms with Crippen molar-refractivity contribution in [2.75, 3.05) is 20.3 Å². The quantitative estimate of drug-likeness (QED) is 0.639. The minimum absolute atomic E-state index is 0.0992. The van der Waals surface area contributed by atoms with Gasteiger partial charge in [-0.05, 0) is 43.5 Å². The van der Waals surface area contributed by atoms with Crippen molar-refractivity contribution in [2.24, 2.45) is 0 Å². The van der Waals surface area contributed by atoms with E-state index in [1.165, 1.54) is 5.56 Å². The van der Waals surface area contributed by atoms with E-state index in [0.29, 0.717) is 24.6 Å². The normalized spacial score (nSPS) is 14.3. The summed E-state index contributed by atoms with van der Waals surface area (Å²) in [7, 11) is 1.62. The van der Waals surface area contributed by atoms with Crippen LogP contribution in [0.2, 0.25) is 0 Å². The number of nitrogens with one attached hydrogen (secondary N) is 1. The second-order valence-corrected chi connectivity index (χ2v) is 5.42. The van der Waals surface area contributed by atoms with Gasteiger partial charge in [-0.25, -0.2) is 0 Å². The largest absolute Gasteiger partial charge is 0.496 e. The van der Waals surface area contributed by atoms with Crippen LogP contribution in [-0.2, 0) is 0 Å². The molecule has 0 radical (unpaired) electrons. The second-order valence-electron chi connectivity index (χ2n) is 5.42. The predicted octanol–water partition coefficient (Wildman–Crippen LogP) is 2.21. The molecule has 4 heteroatoms. The monoisotopic (exact) mass is 281 g/mol. The molecule has 114 valence electrons. The van der Waals surface area contributed by atoms with E-state index in [1.54, 1.807) is 7.11 Å². The molecule has 0 bridgehead atoms. The molecule has 0 saturated heterocycles. The van der Waals surface area contributed by atoms with Crippen LogP contribution >= 0.6 is 0 Å². The number of ether oxygens (including phenoxy) is 1. The van der Waals surface area contributed by atoms with Crippen molar-refractivity contribution < 1.29 is 14.9 Å². The summed E-state index contributed by atoms with van der Waals surface area (Å²) in [4.78, 5) is 0. The van der Waals surface area contributed by atoms with Gasteiger partial charge in [0.2, 0.25) is 0 Å². The molecule has 1 aromatic carbocycles. The average Bonchev–Trinajstić information content (AvgIpc) is 2.45. The van der Waals surface area contributed by atoms with Crippen molar-refractivity contribution in [2.45, 2.75) is 45.3 Å². The van der Waals surface area contributed by atoms with Gasteiger partial charge in [-0.2, -0.15) is 0 Å². The first-order valence-corrected chi connectivity index (χ1v) is 7.21. The van der Waals surface area contributed by atoms with Crippen LogP contribution in [0.1, 0.15) is 50.3 Å². The molecule has 0 aliphatic rings. The Balaban J connectivity index is 2.88. The van der Waals surface area contributed by atoms with Gasteiger partial charge in [-0.3, -0.25) is 0 Å². The van der Waals surface area contributed by atoms with Crippen molar-refractivity contribution in [1.29, 1.82) is 0 Å². The minimum Gasteiger partial charge on any atom is -0.496 e. The molecule has 4 nitrogen and oxygen atoms in total. The van der Waals surface area contributed by atoms with E-state index in [9.17, 15) is 5.11 Å². The Morgan fingerprint density at radius 2 is 1.95 bits per heavy atom. The Hall–Kier alpha value is -1.10. The van der Waals surface area contributed by atoms with Gasteiger partial charge in [0, 0.05) is 18.2 Å². The van der Waals surface area contributed by atoms with Crippen molar-refractivity contribution in [1.82, 2.24) is 5.32 Å². The average molecular weight is 281 g/mol. The van der Waals surface area contributed by atoms with Crippen molar-refractivity contribution in [3.8, 4) is 5.75 Å². The summed E-state index contributed by atoms with van der Waals surface area (Å²) in [6, 6.07) is 5.86. The third-order valence-electron chi connectivity index (χ3n) is 3.51. The number of rotatable bonds is 8. The molecule has 0 spiro atoms. The van der Waals surface area contributed by atoms with Crippen LogP contribution in [0.3, 0.4) is 0 Å². The molecule has 0 fully saturated rings. The van der Waals surface area contributed by atoms with Crippen molar-refractivity contribution in [3.63, 3.8) is 0 Å². The number of aliphatic hydroxyl groups excluding tert-OH is 2. The number of hydrogen-bond donors (Lipinski definition) is 3. The maximum absolute atomic E-state index is 10.5. The van der Waals surface area contributed by atoms with Gasteiger partial charge in [-0.15, -0.1) is 0 Å². The van der Waals surface area contributed by atoms with Gasteiger partial charge in [0.05, 0.1) is 13.2 Å². The number of hydrogen-bond acceptors (Lipinski definition) is 4. The van der Waals surface area contributed by atoms with Crippen LogP contribution in [0.4, 0.5) is 0 Å². The van der Waals surface area contributed by atoms with E-state index in [0.717, 1.165) is 5.56 Å². The third kappa shape index (κ3) is 4.47. The predicted molar refractivity (Wildman–Crippen MR) is 81.2 cm³/mol. The fourth-order valence-corrected chi connectivity index (χ4v) is 2.13. The summed E-state index contributed by atoms with van der Waals surface area (Å²) in [5.41, 5.74) is 1.99. The highest BCUT2D eigenvalue weighted by atomic mass is 16.5. The summed E-state index contributed by atoms with van der Waals surface area (Å²) < 4.78 is 5.35. The molecule has 0 aliphatic carbocycles. The van der Waals surface area contributed by atoms with Gasteiger partial charge in [0.1, 0.15) is 5.75 Å². The molecule has 1 rings (SSSR count). The van der Waals surface area contributed by atoms with Crippen LogP contribution in [-0.4, -0.2) is 36.5 Å². The van der Waals surface area contributed by atoms with E-state index < -0.39 is 6.10 Å². The molecule has 3 N–H and O–H groups in total. The first kappa shape index (κ1) is 17.0. The van der Waals surface area contributed by atoms with E-state index >= 15 is 0 Å². The molecule has 0 heterocycles. The zero-order chi connectivity index (χ0) is 15.1. The van der Waals surface area contributed by atoms with Crippen LogP contribution in [0.15, 0.2) is 18.2 Å². The number of methoxy groups -OCH3 is 1. The van der Waals surface area contributed by atoms with Gasteiger partial charge in [-0.1, -0.05) is 19.9 Å². The molecule has 2 atom stereocenters. The number of aliphatic hydroxyl groups is 2. The van der Waals surface area contributed by atoms with Gasteiger partial charge >= 0.3 is 0 Å². The summed E-state index contributed by atoms with van der Waals surface area (Å²) in [5.74, 6) is 1.11. The molecular formula is C16H27NO3. The van der Waals surface area contributed by atoms with E-state index in [4.69, 9.17) is 9.84 Å². The lowest BCUT2D eigenvalue weighted by Gasteiger charge is -2.23. The standard InChI is InChI=1S/C16H27NO3/c1-11(2)13-6-7-15(20-4)14(10-13)16(19)12(3)17-8-5-9-18/h6-7,10-12,16-19H,5,8-9H2,1-4H3. The van der Waals surface area contributed by atoms with Gasteiger partial charge < -0.3 is 20.3 Å². The molecular weight excluding hydrogens is 254 g/mol. The summed E-state index contributed by atoms with van der Waals surface area (Å²) in [6.45, 7) is 7.02. The van der Waals surface area contributed by atoms with Gasteiger partial charge in [0.15, 0.2) is 0 Å². The zero-order valence-corrected chi connectivity index (χ0v) is 12.9. The molecule has 1 aromatic rings. The smallest absolute Gasteiger partial charge is 0.124 e. The highest BCUT2D eigenvalue weighted by Gasteiger charge is 2.20. The van der Waals surface area contributed by atoms with Crippen LogP contribution < -0.4 is 10.1 Å². The Morgan fingerprint density at radius 3 is 2.50 bits per heavy atom. The first-order valence-electron chi connectivity index (χ1n) is 7.21. The fraction of sp³-hybridized carbons (Fsp3) is 0.625. The van der Waals surface area contributed by atoms with Crippen molar-refractivity contribution in [3.05, 3.63) is 29.3 Å². The van der Waals surface area contributed by atoms with Crippen LogP contribution in [0, 0.1) is 0 Å². The third-order valence-corrected chi connectivity index (χ3v) is 3.51. The molecule has 0 aliphatic heterocycles. The lowest BCUT2D eigenvalue weighted by molar-refractivity contribution is 0.131. The molecule has 0 aromatic heterocycles. The highest BCUT2D eigenvalue weighted by molar-refractivity contribution is 5.40. The Labute approximate surface area is 121 Å². The van der Waals surface area contributed by atoms with E-state index in [2.05, 4.69) is 19.2 Å². The molecule has 2 unspecified atom stereocenters. The lowest BCUT2D eigenvalue weighted by atomic mass is 9.95. The number of benzene rings is 1. The topological polar surface area (TPSA) is 61.7 Å². The summed E-state index contributed by atoms with van der Waals surface area (Å²) in [6.07, 6.45) is 0.0441. The maximum atomic E-state index is 10.5. The molecule has 0 saturated carbocycles. The molecule has 0 amide bonds. The van der Waals surface area contributed by atoms with E-state index in [-0.39, 0.29) is 12.6 Å². The van der Waals surface area contributed by atoms with Gasteiger partial charge in [0.25, 0.3) is 0 Å². The highest BCUT2D eigenvalue weighted by Crippen LogP contribution is 2.30. The Morgan fingerprint density at radius 1 is 1.25 bits per heavy atom. The lowest BCUT2D eigenvalue weighted by Crippen LogP contribution is -2.33. The first-order chi connectivity index (χ1) is 9.51.